The summed E-state index contributed by atoms with van der Waals surface area (Å²) in [6.45, 7) is 0. The number of rotatable bonds is 5. The molecule has 1 atom stereocenters. The van der Waals surface area contributed by atoms with Crippen molar-refractivity contribution >= 4 is 23.5 Å². The number of carboxylic acids is 2. The average molecular weight is 479 g/mol. The summed E-state index contributed by atoms with van der Waals surface area (Å²) >= 11 is 6.12. The van der Waals surface area contributed by atoms with E-state index in [1.165, 1.54) is 18.2 Å². The second-order valence-electron chi connectivity index (χ2n) is 7.87. The molecule has 0 saturated heterocycles. The molecule has 1 aliphatic carbocycles. The highest BCUT2D eigenvalue weighted by molar-refractivity contribution is 6.31. The number of alkyl halides is 3. The van der Waals surface area contributed by atoms with E-state index in [2.05, 4.69) is 4.98 Å². The zero-order valence-corrected chi connectivity index (χ0v) is 17.8. The van der Waals surface area contributed by atoms with E-state index in [1.54, 1.807) is 22.9 Å². The molecule has 2 aromatic heterocycles. The van der Waals surface area contributed by atoms with Gasteiger partial charge in [-0.05, 0) is 60.7 Å². The van der Waals surface area contributed by atoms with E-state index in [-0.39, 0.29) is 29.0 Å². The Morgan fingerprint density at radius 1 is 1.15 bits per heavy atom. The number of hydrogen-bond donors (Lipinski definition) is 2. The Labute approximate surface area is 191 Å². The van der Waals surface area contributed by atoms with E-state index in [9.17, 15) is 27.9 Å². The van der Waals surface area contributed by atoms with Crippen LogP contribution in [0.3, 0.4) is 0 Å². The number of aromatic nitrogens is 2. The van der Waals surface area contributed by atoms with Gasteiger partial charge in [0.1, 0.15) is 5.69 Å². The number of pyridine rings is 1. The number of aromatic carboxylic acids is 1. The predicted molar refractivity (Wildman–Crippen MR) is 113 cm³/mol. The van der Waals surface area contributed by atoms with Crippen molar-refractivity contribution in [1.29, 1.82) is 0 Å². The van der Waals surface area contributed by atoms with Crippen molar-refractivity contribution in [3.05, 3.63) is 81.4 Å². The fraction of sp³-hybridized carbons (Fsp3) is 0.261. The Kier molecular flexibility index (Phi) is 5.92. The Morgan fingerprint density at radius 3 is 2.45 bits per heavy atom. The van der Waals surface area contributed by atoms with Crippen LogP contribution in [0, 0.1) is 5.92 Å². The number of fused-ring (bicyclic) bond motifs is 1. The number of carboxylic acid groups (broad SMARTS) is 2. The van der Waals surface area contributed by atoms with Gasteiger partial charge < -0.3 is 14.8 Å². The van der Waals surface area contributed by atoms with Gasteiger partial charge in [0.2, 0.25) is 0 Å². The average Bonchev–Trinajstić information content (AvgIpc) is 3.12. The summed E-state index contributed by atoms with van der Waals surface area (Å²) in [5, 5.41) is 18.6. The first-order valence-corrected chi connectivity index (χ1v) is 10.4. The Balaban J connectivity index is 1.83. The van der Waals surface area contributed by atoms with Crippen molar-refractivity contribution in [2.45, 2.75) is 31.9 Å². The molecule has 0 aliphatic heterocycles. The van der Waals surface area contributed by atoms with Crippen LogP contribution < -0.4 is 0 Å². The molecule has 1 unspecified atom stereocenters. The maximum Gasteiger partial charge on any atom is 0.433 e. The minimum atomic E-state index is -4.70. The summed E-state index contributed by atoms with van der Waals surface area (Å²) < 4.78 is 42.5. The fourth-order valence-electron chi connectivity index (χ4n) is 4.25. The molecule has 4 rings (SSSR count). The minimum Gasteiger partial charge on any atom is -0.481 e. The topological polar surface area (TPSA) is 92.4 Å². The van der Waals surface area contributed by atoms with Gasteiger partial charge in [-0.25, -0.2) is 4.79 Å². The molecule has 2 heterocycles. The van der Waals surface area contributed by atoms with E-state index in [1.807, 2.05) is 0 Å². The van der Waals surface area contributed by atoms with Gasteiger partial charge in [-0.3, -0.25) is 9.78 Å². The number of benzene rings is 1. The molecule has 3 aromatic rings. The maximum atomic E-state index is 13.6. The smallest absolute Gasteiger partial charge is 0.433 e. The summed E-state index contributed by atoms with van der Waals surface area (Å²) in [6.07, 6.45) is -1.21. The quantitative estimate of drug-likeness (QED) is 0.537. The molecular weight excluding hydrogens is 461 g/mol. The van der Waals surface area contributed by atoms with Gasteiger partial charge in [0.05, 0.1) is 11.5 Å². The van der Waals surface area contributed by atoms with Crippen molar-refractivity contribution in [2.75, 3.05) is 0 Å². The Hall–Kier alpha value is -3.33. The van der Waals surface area contributed by atoms with Crippen LogP contribution in [0.5, 0.6) is 0 Å². The zero-order chi connectivity index (χ0) is 23.9. The molecule has 0 amide bonds. The number of nitrogens with zero attached hydrogens (tertiary/aromatic N) is 2. The lowest BCUT2D eigenvalue weighted by Crippen LogP contribution is -2.23. The molecule has 0 spiro atoms. The lowest BCUT2D eigenvalue weighted by atomic mass is 9.85. The SMILES string of the molecule is O=C(O)c1ccc(-n2cc(Cc3c(Cl)ccnc3C(F)(F)F)c3c2CCC(C(=O)O)C3)cc1. The van der Waals surface area contributed by atoms with Gasteiger partial charge in [0.15, 0.2) is 0 Å². The lowest BCUT2D eigenvalue weighted by Gasteiger charge is -2.22. The summed E-state index contributed by atoms with van der Waals surface area (Å²) in [7, 11) is 0. The van der Waals surface area contributed by atoms with E-state index < -0.39 is 29.7 Å². The largest absolute Gasteiger partial charge is 0.481 e. The van der Waals surface area contributed by atoms with Crippen molar-refractivity contribution in [2.24, 2.45) is 5.92 Å². The highest BCUT2D eigenvalue weighted by Crippen LogP contribution is 2.38. The van der Waals surface area contributed by atoms with Crippen LogP contribution in [0.1, 0.15) is 44.9 Å². The lowest BCUT2D eigenvalue weighted by molar-refractivity contribution is -0.142. The van der Waals surface area contributed by atoms with Crippen LogP contribution in [0.4, 0.5) is 13.2 Å². The second-order valence-corrected chi connectivity index (χ2v) is 8.28. The third-order valence-corrected chi connectivity index (χ3v) is 6.22. The summed E-state index contributed by atoms with van der Waals surface area (Å²) in [6, 6.07) is 7.38. The number of carbonyl (C=O) groups is 2. The summed E-state index contributed by atoms with van der Waals surface area (Å²) in [5.74, 6) is -2.68. The van der Waals surface area contributed by atoms with Crippen LogP contribution in [0.15, 0.2) is 42.7 Å². The molecule has 172 valence electrons. The summed E-state index contributed by atoms with van der Waals surface area (Å²) in [5.41, 5.74) is 1.47. The van der Waals surface area contributed by atoms with E-state index >= 15 is 0 Å². The van der Waals surface area contributed by atoms with E-state index in [0.29, 0.717) is 29.7 Å². The van der Waals surface area contributed by atoms with E-state index in [0.717, 1.165) is 11.9 Å². The van der Waals surface area contributed by atoms with E-state index in [4.69, 9.17) is 16.7 Å². The zero-order valence-electron chi connectivity index (χ0n) is 17.1. The van der Waals surface area contributed by atoms with Crippen molar-refractivity contribution in [3.63, 3.8) is 0 Å². The van der Waals surface area contributed by atoms with Gasteiger partial charge in [-0.2, -0.15) is 13.2 Å². The minimum absolute atomic E-state index is 0.0739. The Morgan fingerprint density at radius 2 is 1.85 bits per heavy atom. The normalized spacial score (nSPS) is 15.8. The summed E-state index contributed by atoms with van der Waals surface area (Å²) in [4.78, 5) is 26.3. The fourth-order valence-corrected chi connectivity index (χ4v) is 4.46. The molecule has 33 heavy (non-hydrogen) atoms. The second kappa shape index (κ2) is 8.55. The van der Waals surface area contributed by atoms with Gasteiger partial charge in [0.25, 0.3) is 0 Å². The Bertz CT molecular complexity index is 1240. The molecule has 6 nitrogen and oxygen atoms in total. The first-order valence-electron chi connectivity index (χ1n) is 10.1. The van der Waals surface area contributed by atoms with Crippen LogP contribution in [-0.4, -0.2) is 31.7 Å². The number of halogens is 4. The monoisotopic (exact) mass is 478 g/mol. The van der Waals surface area contributed by atoms with Crippen molar-refractivity contribution < 1.29 is 33.0 Å². The van der Waals surface area contributed by atoms with Crippen LogP contribution >= 0.6 is 11.6 Å². The molecule has 10 heteroatoms. The van der Waals surface area contributed by atoms with Crippen molar-refractivity contribution in [1.82, 2.24) is 9.55 Å². The highest BCUT2D eigenvalue weighted by Gasteiger charge is 2.37. The number of aliphatic carboxylic acids is 1. The molecule has 0 radical (unpaired) electrons. The van der Waals surface area contributed by atoms with Crippen LogP contribution in [-0.2, 0) is 30.2 Å². The molecule has 1 aromatic carbocycles. The molecular formula is C23H18ClF3N2O4. The van der Waals surface area contributed by atoms with Gasteiger partial charge in [0, 0.05) is 40.8 Å². The third-order valence-electron chi connectivity index (χ3n) is 5.87. The third kappa shape index (κ3) is 4.45. The molecule has 2 N–H and O–H groups in total. The van der Waals surface area contributed by atoms with Gasteiger partial charge in [-0.15, -0.1) is 0 Å². The molecule has 0 fully saturated rings. The van der Waals surface area contributed by atoms with Crippen LogP contribution in [0.25, 0.3) is 5.69 Å². The first-order chi connectivity index (χ1) is 15.6. The maximum absolute atomic E-state index is 13.6. The van der Waals surface area contributed by atoms with Gasteiger partial charge >= 0.3 is 18.1 Å². The predicted octanol–water partition coefficient (Wildman–Crippen LogP) is 5.02. The number of hydrogen-bond acceptors (Lipinski definition) is 3. The van der Waals surface area contributed by atoms with Gasteiger partial charge in [-0.1, -0.05) is 11.6 Å². The molecule has 0 bridgehead atoms. The highest BCUT2D eigenvalue weighted by atomic mass is 35.5. The molecule has 1 aliphatic rings. The molecule has 0 saturated carbocycles. The van der Waals surface area contributed by atoms with Crippen molar-refractivity contribution in [3.8, 4) is 5.69 Å². The standard InChI is InChI=1S/C23H18ClF3N2O4/c24-18-7-8-28-20(23(25,26)27)17(18)10-14-11-29(15-4-1-12(2-5-15)21(30)31)19-6-3-13(22(32)33)9-16(14)19/h1-2,4-5,7-8,11,13H,3,6,9-10H2,(H,30,31)(H,32,33). The first kappa shape index (κ1) is 22.8. The van der Waals surface area contributed by atoms with Crippen LogP contribution in [0.2, 0.25) is 5.02 Å².